The molecule has 0 atom stereocenters. The van der Waals surface area contributed by atoms with E-state index >= 15 is 0 Å². The van der Waals surface area contributed by atoms with Crippen LogP contribution in [0.25, 0.3) is 0 Å². The quantitative estimate of drug-likeness (QED) is 0.811. The van der Waals surface area contributed by atoms with E-state index in [0.717, 1.165) is 31.4 Å². The number of rotatable bonds is 6. The summed E-state index contributed by atoms with van der Waals surface area (Å²) in [6.45, 7) is 0.308. The number of ether oxygens (including phenoxy) is 1. The van der Waals surface area contributed by atoms with Gasteiger partial charge in [-0.25, -0.2) is 0 Å². The summed E-state index contributed by atoms with van der Waals surface area (Å²) in [5, 5.41) is 14.5. The van der Waals surface area contributed by atoms with E-state index in [9.17, 15) is 9.59 Å². The van der Waals surface area contributed by atoms with Crippen molar-refractivity contribution in [3.05, 3.63) is 34.3 Å². The van der Waals surface area contributed by atoms with Crippen molar-refractivity contribution < 1.29 is 14.3 Å². The van der Waals surface area contributed by atoms with E-state index in [1.54, 1.807) is 31.4 Å². The minimum Gasteiger partial charge on any atom is -0.497 e. The zero-order valence-electron chi connectivity index (χ0n) is 14.7. The van der Waals surface area contributed by atoms with Crippen LogP contribution in [0, 0.1) is 5.92 Å². The lowest BCUT2D eigenvalue weighted by molar-refractivity contribution is -0.126. The molecule has 1 aliphatic rings. The summed E-state index contributed by atoms with van der Waals surface area (Å²) < 4.78 is 5.08. The van der Waals surface area contributed by atoms with Crippen LogP contribution < -0.4 is 15.4 Å². The standard InChI is InChI=1S/C18H22N4O3S/c1-25-14-9-7-13(8-10-14)20-17(24)18-22-21-15(26-18)11-19-16(23)12-5-3-2-4-6-12/h7-10,12H,2-6,11H2,1H3,(H,19,23)(H,20,24). The number of aromatic nitrogens is 2. The lowest BCUT2D eigenvalue weighted by Gasteiger charge is -2.20. The molecule has 0 saturated heterocycles. The minimum atomic E-state index is -0.322. The molecule has 8 heteroatoms. The van der Waals surface area contributed by atoms with Crippen LogP contribution in [-0.2, 0) is 11.3 Å². The third-order valence-electron chi connectivity index (χ3n) is 4.40. The number of nitrogens with zero attached hydrogens (tertiary/aromatic N) is 2. The molecule has 0 unspecified atom stereocenters. The molecule has 0 radical (unpaired) electrons. The Labute approximate surface area is 156 Å². The van der Waals surface area contributed by atoms with E-state index in [1.165, 1.54) is 17.8 Å². The molecular formula is C18H22N4O3S. The minimum absolute atomic E-state index is 0.0733. The van der Waals surface area contributed by atoms with Gasteiger partial charge in [-0.1, -0.05) is 30.6 Å². The first-order chi connectivity index (χ1) is 12.7. The predicted octanol–water partition coefficient (Wildman–Crippen LogP) is 3.00. The third kappa shape index (κ3) is 4.78. The Balaban J connectivity index is 1.51. The lowest BCUT2D eigenvalue weighted by Crippen LogP contribution is -2.31. The van der Waals surface area contributed by atoms with Crippen molar-refractivity contribution in [2.24, 2.45) is 5.92 Å². The van der Waals surface area contributed by atoms with Crippen molar-refractivity contribution in [2.75, 3.05) is 12.4 Å². The Morgan fingerprint density at radius 2 is 1.88 bits per heavy atom. The fraction of sp³-hybridized carbons (Fsp3) is 0.444. The largest absolute Gasteiger partial charge is 0.497 e. The van der Waals surface area contributed by atoms with Crippen molar-refractivity contribution in [1.29, 1.82) is 0 Å². The van der Waals surface area contributed by atoms with Gasteiger partial charge in [0.1, 0.15) is 10.8 Å². The molecule has 3 rings (SSSR count). The van der Waals surface area contributed by atoms with Gasteiger partial charge in [0.15, 0.2) is 0 Å². The topological polar surface area (TPSA) is 93.2 Å². The smallest absolute Gasteiger partial charge is 0.286 e. The SMILES string of the molecule is COc1ccc(NC(=O)c2nnc(CNC(=O)C3CCCCC3)s2)cc1. The molecule has 1 fully saturated rings. The van der Waals surface area contributed by atoms with Crippen LogP contribution in [0.2, 0.25) is 0 Å². The second-order valence-corrected chi connectivity index (χ2v) is 7.30. The summed E-state index contributed by atoms with van der Waals surface area (Å²) in [5.41, 5.74) is 0.651. The number of anilines is 1. The van der Waals surface area contributed by atoms with E-state index in [1.807, 2.05) is 0 Å². The molecular weight excluding hydrogens is 352 g/mol. The normalized spacial score (nSPS) is 14.7. The molecule has 1 aromatic heterocycles. The first-order valence-electron chi connectivity index (χ1n) is 8.71. The molecule has 0 bridgehead atoms. The van der Waals surface area contributed by atoms with Crippen molar-refractivity contribution >= 4 is 28.8 Å². The number of benzene rings is 1. The highest BCUT2D eigenvalue weighted by atomic mass is 32.1. The number of hydrogen-bond acceptors (Lipinski definition) is 6. The molecule has 2 amide bonds. The van der Waals surface area contributed by atoms with Gasteiger partial charge >= 0.3 is 0 Å². The molecule has 1 aromatic carbocycles. The second kappa shape index (κ2) is 8.75. The number of hydrogen-bond donors (Lipinski definition) is 2. The molecule has 2 aromatic rings. The highest BCUT2D eigenvalue weighted by Crippen LogP contribution is 2.24. The van der Waals surface area contributed by atoms with Gasteiger partial charge in [-0.3, -0.25) is 9.59 Å². The summed E-state index contributed by atoms with van der Waals surface area (Å²) >= 11 is 1.18. The van der Waals surface area contributed by atoms with Crippen LogP contribution in [-0.4, -0.2) is 29.1 Å². The summed E-state index contributed by atoms with van der Waals surface area (Å²) in [6, 6.07) is 7.04. The van der Waals surface area contributed by atoms with Crippen LogP contribution in [0.3, 0.4) is 0 Å². The Kier molecular flexibility index (Phi) is 6.17. The van der Waals surface area contributed by atoms with Crippen LogP contribution >= 0.6 is 11.3 Å². The zero-order valence-corrected chi connectivity index (χ0v) is 15.5. The molecule has 26 heavy (non-hydrogen) atoms. The van der Waals surface area contributed by atoms with Crippen molar-refractivity contribution in [3.63, 3.8) is 0 Å². The molecule has 2 N–H and O–H groups in total. The number of amides is 2. The first kappa shape index (κ1) is 18.3. The Morgan fingerprint density at radius 3 is 2.58 bits per heavy atom. The van der Waals surface area contributed by atoms with Crippen molar-refractivity contribution in [2.45, 2.75) is 38.6 Å². The predicted molar refractivity (Wildman–Crippen MR) is 99.3 cm³/mol. The van der Waals surface area contributed by atoms with E-state index in [4.69, 9.17) is 4.74 Å². The van der Waals surface area contributed by atoms with Gasteiger partial charge in [0.05, 0.1) is 13.7 Å². The maximum atomic E-state index is 12.2. The fourth-order valence-corrected chi connectivity index (χ4v) is 3.62. The summed E-state index contributed by atoms with van der Waals surface area (Å²) in [5.74, 6) is 0.575. The maximum Gasteiger partial charge on any atom is 0.286 e. The van der Waals surface area contributed by atoms with Gasteiger partial charge in [0.25, 0.3) is 5.91 Å². The van der Waals surface area contributed by atoms with Crippen molar-refractivity contribution in [3.8, 4) is 5.75 Å². The third-order valence-corrected chi connectivity index (χ3v) is 5.32. The van der Waals surface area contributed by atoms with E-state index in [2.05, 4.69) is 20.8 Å². The highest BCUT2D eigenvalue weighted by molar-refractivity contribution is 7.13. The van der Waals surface area contributed by atoms with E-state index in [-0.39, 0.29) is 22.7 Å². The lowest BCUT2D eigenvalue weighted by atomic mass is 9.89. The Morgan fingerprint density at radius 1 is 1.15 bits per heavy atom. The van der Waals surface area contributed by atoms with Gasteiger partial charge in [-0.05, 0) is 37.1 Å². The molecule has 0 aliphatic heterocycles. The molecule has 1 aliphatic carbocycles. The van der Waals surface area contributed by atoms with Gasteiger partial charge in [0, 0.05) is 11.6 Å². The van der Waals surface area contributed by atoms with Gasteiger partial charge in [-0.15, -0.1) is 10.2 Å². The summed E-state index contributed by atoms with van der Waals surface area (Å²) in [7, 11) is 1.59. The first-order valence-corrected chi connectivity index (χ1v) is 9.53. The molecule has 1 saturated carbocycles. The number of nitrogens with one attached hydrogen (secondary N) is 2. The average Bonchev–Trinajstić information content (AvgIpc) is 3.16. The number of carbonyl (C=O) groups is 2. The summed E-state index contributed by atoms with van der Waals surface area (Å²) in [6.07, 6.45) is 5.36. The van der Waals surface area contributed by atoms with Crippen LogP contribution in [0.5, 0.6) is 5.75 Å². The van der Waals surface area contributed by atoms with E-state index in [0.29, 0.717) is 17.2 Å². The Bertz CT molecular complexity index is 754. The fourth-order valence-electron chi connectivity index (χ4n) is 2.95. The zero-order chi connectivity index (χ0) is 18.4. The molecule has 138 valence electrons. The van der Waals surface area contributed by atoms with Gasteiger partial charge in [0.2, 0.25) is 10.9 Å². The van der Waals surface area contributed by atoms with Crippen LogP contribution in [0.15, 0.2) is 24.3 Å². The van der Waals surface area contributed by atoms with Crippen LogP contribution in [0.1, 0.15) is 46.9 Å². The average molecular weight is 374 g/mol. The van der Waals surface area contributed by atoms with Crippen molar-refractivity contribution in [1.82, 2.24) is 15.5 Å². The molecule has 7 nitrogen and oxygen atoms in total. The van der Waals surface area contributed by atoms with Crippen LogP contribution in [0.4, 0.5) is 5.69 Å². The monoisotopic (exact) mass is 374 g/mol. The Hall–Kier alpha value is -2.48. The van der Waals surface area contributed by atoms with Gasteiger partial charge < -0.3 is 15.4 Å². The van der Waals surface area contributed by atoms with E-state index < -0.39 is 0 Å². The molecule has 0 spiro atoms. The summed E-state index contributed by atoms with van der Waals surface area (Å²) in [4.78, 5) is 24.4. The number of carbonyl (C=O) groups excluding carboxylic acids is 2. The highest BCUT2D eigenvalue weighted by Gasteiger charge is 2.21. The van der Waals surface area contributed by atoms with Gasteiger partial charge in [-0.2, -0.15) is 0 Å². The molecule has 1 heterocycles. The maximum absolute atomic E-state index is 12.2. The number of methoxy groups -OCH3 is 1. The second-order valence-electron chi connectivity index (χ2n) is 6.24.